The molecule has 0 aliphatic carbocycles. The van der Waals surface area contributed by atoms with E-state index in [1.807, 2.05) is 0 Å². The number of aliphatic hydroxyl groups is 11. The zero-order chi connectivity index (χ0) is 55.5. The Balaban J connectivity index is 1.48. The Labute approximate surface area is 455 Å². The summed E-state index contributed by atoms with van der Waals surface area (Å²) in [4.78, 5) is 13.3. The molecule has 450 valence electrons. The van der Waals surface area contributed by atoms with E-state index in [0.717, 1.165) is 44.9 Å². The summed E-state index contributed by atoms with van der Waals surface area (Å²) in [6.07, 6.45) is 11.9. The maximum absolute atomic E-state index is 13.3. The number of rotatable bonds is 45. The molecule has 0 bridgehead atoms. The number of carbonyl (C=O) groups excluding carboxylic acids is 1. The first kappa shape index (κ1) is 69.1. The van der Waals surface area contributed by atoms with Crippen LogP contribution in [0.4, 0.5) is 0 Å². The average Bonchev–Trinajstić information content (AvgIpc) is 3.42. The number of hydrogen-bond donors (Lipinski definition) is 12. The molecule has 19 nitrogen and oxygen atoms in total. The zero-order valence-electron chi connectivity index (χ0n) is 46.8. The first-order valence-electron chi connectivity index (χ1n) is 30.3. The van der Waals surface area contributed by atoms with Crippen LogP contribution in [0.2, 0.25) is 0 Å². The van der Waals surface area contributed by atoms with Crippen molar-refractivity contribution in [1.29, 1.82) is 0 Å². The normalized spacial score (nSPS) is 30.9. The molecule has 3 saturated heterocycles. The number of unbranched alkanes of at least 4 members (excludes halogenated alkanes) is 29. The highest BCUT2D eigenvalue weighted by Crippen LogP contribution is 2.33. The third kappa shape index (κ3) is 25.7. The molecule has 76 heavy (non-hydrogen) atoms. The standard InChI is InChI=1S/C57H109NO18/c1-3-5-7-9-11-13-15-17-18-19-20-21-23-25-27-29-31-33-35-45(63)58-40(41(62)34-32-30-28-26-24-22-16-14-12-10-8-6-4-2)39-71-55-51(69)48(66)53(43(37-60)73-55)76-57-52(70)49(67)54(44(38-61)74-57)75-56-50(68)47(65)46(64)42(36-59)72-56/h40-44,46-57,59-62,64-70H,3-39H2,1-2H3,(H,58,63). The van der Waals surface area contributed by atoms with Crippen molar-refractivity contribution in [2.45, 2.75) is 330 Å². The molecule has 17 unspecified atom stereocenters. The van der Waals surface area contributed by atoms with Gasteiger partial charge in [-0.15, -0.1) is 0 Å². The smallest absolute Gasteiger partial charge is 0.220 e. The third-order valence-electron chi connectivity index (χ3n) is 15.7. The van der Waals surface area contributed by atoms with Gasteiger partial charge in [0.15, 0.2) is 18.9 Å². The quantitative estimate of drug-likeness (QED) is 0.0348. The highest BCUT2D eigenvalue weighted by Gasteiger charge is 2.53. The fourth-order valence-corrected chi connectivity index (χ4v) is 10.7. The second-order valence-corrected chi connectivity index (χ2v) is 22.2. The first-order chi connectivity index (χ1) is 36.8. The summed E-state index contributed by atoms with van der Waals surface area (Å²) in [7, 11) is 0. The van der Waals surface area contributed by atoms with Crippen LogP contribution in [0.25, 0.3) is 0 Å². The van der Waals surface area contributed by atoms with Crippen molar-refractivity contribution < 1.29 is 89.4 Å². The molecular weight excluding hydrogens is 987 g/mol. The van der Waals surface area contributed by atoms with Crippen LogP contribution in [0.5, 0.6) is 0 Å². The summed E-state index contributed by atoms with van der Waals surface area (Å²) in [5.41, 5.74) is 0. The largest absolute Gasteiger partial charge is 0.394 e. The average molecular weight is 1100 g/mol. The van der Waals surface area contributed by atoms with Gasteiger partial charge in [0.05, 0.1) is 38.6 Å². The van der Waals surface area contributed by atoms with Gasteiger partial charge in [-0.3, -0.25) is 4.79 Å². The molecule has 3 fully saturated rings. The number of aliphatic hydroxyl groups excluding tert-OH is 11. The Kier molecular flexibility index (Phi) is 37.9. The second kappa shape index (κ2) is 41.7. The van der Waals surface area contributed by atoms with Gasteiger partial charge >= 0.3 is 0 Å². The lowest BCUT2D eigenvalue weighted by Gasteiger charge is -2.48. The van der Waals surface area contributed by atoms with Crippen molar-refractivity contribution in [2.24, 2.45) is 0 Å². The minimum absolute atomic E-state index is 0.239. The van der Waals surface area contributed by atoms with E-state index < -0.39 is 124 Å². The Bertz CT molecular complexity index is 1400. The van der Waals surface area contributed by atoms with Crippen LogP contribution in [0, 0.1) is 0 Å². The molecule has 0 aromatic heterocycles. The van der Waals surface area contributed by atoms with E-state index in [4.69, 9.17) is 28.4 Å². The van der Waals surface area contributed by atoms with Gasteiger partial charge in [0, 0.05) is 6.42 Å². The molecule has 1 amide bonds. The molecule has 3 aliphatic heterocycles. The second-order valence-electron chi connectivity index (χ2n) is 22.2. The predicted octanol–water partition coefficient (Wildman–Crippen LogP) is 5.21. The molecule has 0 aromatic rings. The highest BCUT2D eigenvalue weighted by atomic mass is 16.8. The van der Waals surface area contributed by atoms with E-state index >= 15 is 0 Å². The van der Waals surface area contributed by atoms with E-state index in [2.05, 4.69) is 19.2 Å². The monoisotopic (exact) mass is 1100 g/mol. The Morgan fingerprint density at radius 3 is 1.14 bits per heavy atom. The molecule has 17 atom stereocenters. The minimum atomic E-state index is -1.97. The summed E-state index contributed by atoms with van der Waals surface area (Å²) in [5, 5.41) is 120. The first-order valence-corrected chi connectivity index (χ1v) is 30.3. The van der Waals surface area contributed by atoms with E-state index in [0.29, 0.717) is 12.8 Å². The van der Waals surface area contributed by atoms with Crippen LogP contribution in [0.3, 0.4) is 0 Å². The van der Waals surface area contributed by atoms with Gasteiger partial charge in [-0.1, -0.05) is 206 Å². The SMILES string of the molecule is CCCCCCCCCCCCCCCCCCCCC(=O)NC(COC1OC(CO)C(OC2OC(CO)C(OC3OC(CO)C(O)C(O)C3O)C(O)C2O)C(O)C1O)C(O)CCCCCCCCCCCCCCC. The van der Waals surface area contributed by atoms with Gasteiger partial charge in [0.25, 0.3) is 0 Å². The van der Waals surface area contributed by atoms with Gasteiger partial charge in [0.2, 0.25) is 5.91 Å². The fourth-order valence-electron chi connectivity index (χ4n) is 10.7. The maximum atomic E-state index is 13.3. The Hall–Kier alpha value is -1.21. The van der Waals surface area contributed by atoms with Crippen molar-refractivity contribution in [1.82, 2.24) is 5.32 Å². The molecule has 19 heteroatoms. The lowest BCUT2D eigenvalue weighted by molar-refractivity contribution is -0.379. The van der Waals surface area contributed by atoms with E-state index in [1.54, 1.807) is 0 Å². The Morgan fingerprint density at radius 2 is 0.750 bits per heavy atom. The van der Waals surface area contributed by atoms with Crippen LogP contribution in [-0.4, -0.2) is 193 Å². The van der Waals surface area contributed by atoms with Crippen molar-refractivity contribution in [2.75, 3.05) is 26.4 Å². The summed E-state index contributed by atoms with van der Waals surface area (Å²) < 4.78 is 34.3. The van der Waals surface area contributed by atoms with Crippen molar-refractivity contribution in [3.05, 3.63) is 0 Å². The molecule has 3 heterocycles. The zero-order valence-corrected chi connectivity index (χ0v) is 46.8. The number of carbonyl (C=O) groups is 1. The molecule has 0 saturated carbocycles. The minimum Gasteiger partial charge on any atom is -0.394 e. The highest BCUT2D eigenvalue weighted by molar-refractivity contribution is 5.76. The van der Waals surface area contributed by atoms with E-state index in [1.165, 1.54) is 148 Å². The van der Waals surface area contributed by atoms with Crippen LogP contribution in [-0.2, 0) is 33.2 Å². The number of ether oxygens (including phenoxy) is 6. The Morgan fingerprint density at radius 1 is 0.421 bits per heavy atom. The van der Waals surface area contributed by atoms with Gasteiger partial charge in [-0.25, -0.2) is 0 Å². The lowest BCUT2D eigenvalue weighted by atomic mass is 9.96. The molecule has 0 spiro atoms. The maximum Gasteiger partial charge on any atom is 0.220 e. The van der Waals surface area contributed by atoms with Crippen molar-refractivity contribution >= 4 is 5.91 Å². The number of amides is 1. The van der Waals surface area contributed by atoms with Crippen molar-refractivity contribution in [3.8, 4) is 0 Å². The van der Waals surface area contributed by atoms with Gasteiger partial charge in [-0.05, 0) is 12.8 Å². The molecule has 0 radical (unpaired) electrons. The van der Waals surface area contributed by atoms with E-state index in [9.17, 15) is 61.0 Å². The van der Waals surface area contributed by atoms with Crippen LogP contribution < -0.4 is 5.32 Å². The van der Waals surface area contributed by atoms with Gasteiger partial charge in [0.1, 0.15) is 73.2 Å². The lowest BCUT2D eigenvalue weighted by Crippen LogP contribution is -2.66. The van der Waals surface area contributed by atoms with Gasteiger partial charge in [-0.2, -0.15) is 0 Å². The van der Waals surface area contributed by atoms with Crippen LogP contribution in [0.15, 0.2) is 0 Å². The molecule has 3 aliphatic rings. The summed E-state index contributed by atoms with van der Waals surface area (Å²) in [6.45, 7) is 1.80. The summed E-state index contributed by atoms with van der Waals surface area (Å²) in [6, 6.07) is -0.879. The predicted molar refractivity (Wildman–Crippen MR) is 287 cm³/mol. The van der Waals surface area contributed by atoms with Crippen LogP contribution >= 0.6 is 0 Å². The molecule has 12 N–H and O–H groups in total. The van der Waals surface area contributed by atoms with Gasteiger partial charge < -0.3 is 89.9 Å². The fraction of sp³-hybridized carbons (Fsp3) is 0.982. The number of nitrogens with one attached hydrogen (secondary N) is 1. The molecule has 0 aromatic carbocycles. The van der Waals surface area contributed by atoms with E-state index in [-0.39, 0.29) is 18.9 Å². The molecule has 3 rings (SSSR count). The summed E-state index contributed by atoms with van der Waals surface area (Å²) in [5.74, 6) is -0.239. The van der Waals surface area contributed by atoms with Crippen LogP contribution in [0.1, 0.15) is 226 Å². The molecular formula is C57H109NO18. The number of hydrogen-bond acceptors (Lipinski definition) is 18. The topological polar surface area (TPSA) is 307 Å². The third-order valence-corrected chi connectivity index (χ3v) is 15.7. The van der Waals surface area contributed by atoms with Crippen molar-refractivity contribution in [3.63, 3.8) is 0 Å². The summed E-state index contributed by atoms with van der Waals surface area (Å²) >= 11 is 0.